The zero-order chi connectivity index (χ0) is 18.7. The lowest BCUT2D eigenvalue weighted by molar-refractivity contribution is 0.334. The molecule has 0 aromatic heterocycles. The molecule has 25 heavy (non-hydrogen) atoms. The Morgan fingerprint density at radius 2 is 1.24 bits per heavy atom. The average Bonchev–Trinajstić information content (AvgIpc) is 2.50. The van der Waals surface area contributed by atoms with Crippen LogP contribution in [0, 0.1) is 6.92 Å². The quantitative estimate of drug-likeness (QED) is 0.542. The molecule has 2 aromatic rings. The molecule has 2 rings (SSSR count). The highest BCUT2D eigenvalue weighted by Gasteiger charge is 2.42. The van der Waals surface area contributed by atoms with E-state index in [4.69, 9.17) is 19.6 Å². The summed E-state index contributed by atoms with van der Waals surface area (Å²) >= 11 is 0. The van der Waals surface area contributed by atoms with Crippen molar-refractivity contribution >= 4 is 15.2 Å². The molecule has 0 aliphatic rings. The molecule has 0 amide bonds. The summed E-state index contributed by atoms with van der Waals surface area (Å²) < 4.78 is 22.5. The van der Waals surface area contributed by atoms with E-state index >= 15 is 0 Å². The molecule has 0 saturated carbocycles. The minimum Gasteiger partial charge on any atom is -0.324 e. The highest BCUT2D eigenvalue weighted by Crippen LogP contribution is 2.61. The summed E-state index contributed by atoms with van der Waals surface area (Å²) in [6, 6.07) is 15.9. The molecule has 0 saturated heterocycles. The van der Waals surface area contributed by atoms with Crippen molar-refractivity contribution in [3.05, 3.63) is 59.7 Å². The molecule has 8 heteroatoms. The van der Waals surface area contributed by atoms with Gasteiger partial charge in [0, 0.05) is 0 Å². The van der Waals surface area contributed by atoms with E-state index in [0.29, 0.717) is 6.42 Å². The van der Waals surface area contributed by atoms with Crippen LogP contribution in [-0.4, -0.2) is 25.0 Å². The van der Waals surface area contributed by atoms with Crippen LogP contribution < -0.4 is 0 Å². The molecule has 0 heterocycles. The second kappa shape index (κ2) is 7.96. The first-order valence-corrected chi connectivity index (χ1v) is 11.2. The molecule has 0 radical (unpaired) electrons. The van der Waals surface area contributed by atoms with E-state index in [1.165, 1.54) is 5.56 Å². The monoisotopic (exact) mass is 384 g/mol. The first-order valence-electron chi connectivity index (χ1n) is 7.84. The van der Waals surface area contributed by atoms with Crippen LogP contribution in [0.4, 0.5) is 0 Å². The van der Waals surface area contributed by atoms with E-state index in [1.807, 2.05) is 55.5 Å². The van der Waals surface area contributed by atoms with Gasteiger partial charge in [0.15, 0.2) is 5.40 Å². The van der Waals surface area contributed by atoms with Crippen LogP contribution in [-0.2, 0) is 15.6 Å². The van der Waals surface area contributed by atoms with Crippen LogP contribution in [0.5, 0.6) is 0 Å². The minimum atomic E-state index is -4.83. The lowest BCUT2D eigenvalue weighted by atomic mass is 10.0. The largest absolute Gasteiger partial charge is 0.340 e. The van der Waals surface area contributed by atoms with Gasteiger partial charge in [-0.1, -0.05) is 54.1 Å². The minimum absolute atomic E-state index is 0.228. The summed E-state index contributed by atoms with van der Waals surface area (Å²) in [7, 11) is -9.67. The molecule has 0 atom stereocenters. The molecule has 0 spiro atoms. The third-order valence-electron chi connectivity index (χ3n) is 4.04. The Kier molecular flexibility index (Phi) is 6.39. The normalized spacial score (nSPS) is 12.6. The predicted octanol–water partition coefficient (Wildman–Crippen LogP) is 3.67. The van der Waals surface area contributed by atoms with Crippen molar-refractivity contribution in [1.82, 2.24) is 0 Å². The van der Waals surface area contributed by atoms with Crippen molar-refractivity contribution in [2.45, 2.75) is 31.6 Å². The molecular weight excluding hydrogens is 362 g/mol. The Balaban J connectivity index is 1.99. The number of hydrogen-bond donors (Lipinski definition) is 4. The smallest absolute Gasteiger partial charge is 0.324 e. The van der Waals surface area contributed by atoms with Gasteiger partial charge in [-0.15, -0.1) is 0 Å². The maximum atomic E-state index is 11.2. The second-order valence-electron chi connectivity index (χ2n) is 6.11. The lowest BCUT2D eigenvalue weighted by Crippen LogP contribution is -2.09. The third kappa shape index (κ3) is 5.89. The Labute approximate surface area is 146 Å². The highest BCUT2D eigenvalue weighted by molar-refractivity contribution is 7.70. The molecule has 6 nitrogen and oxygen atoms in total. The van der Waals surface area contributed by atoms with Gasteiger partial charge in [-0.2, -0.15) is 0 Å². The van der Waals surface area contributed by atoms with Crippen LogP contribution in [0.3, 0.4) is 0 Å². The van der Waals surface area contributed by atoms with Gasteiger partial charge in [-0.3, -0.25) is 9.13 Å². The van der Waals surface area contributed by atoms with Crippen molar-refractivity contribution in [2.24, 2.45) is 0 Å². The van der Waals surface area contributed by atoms with Gasteiger partial charge in [0.05, 0.1) is 0 Å². The molecule has 0 fully saturated rings. The maximum Gasteiger partial charge on any atom is 0.340 e. The summed E-state index contributed by atoms with van der Waals surface area (Å²) in [5.74, 6) is 0. The lowest BCUT2D eigenvalue weighted by Gasteiger charge is -2.19. The molecule has 0 unspecified atom stereocenters. The van der Waals surface area contributed by atoms with Gasteiger partial charge in [-0.05, 0) is 42.9 Å². The van der Waals surface area contributed by atoms with Crippen LogP contribution >= 0.6 is 15.2 Å². The fourth-order valence-electron chi connectivity index (χ4n) is 2.63. The number of hydrogen-bond acceptors (Lipinski definition) is 2. The van der Waals surface area contributed by atoms with E-state index in [-0.39, 0.29) is 12.8 Å². The van der Waals surface area contributed by atoms with Crippen molar-refractivity contribution in [2.75, 3.05) is 0 Å². The summed E-state index contributed by atoms with van der Waals surface area (Å²) in [5, 5.41) is -1.92. The Bertz CT molecular complexity index is 767. The molecule has 2 aromatic carbocycles. The standard InChI is InChI=1S/C17H22O6P2/c1-13-5-9-15(10-6-13)16-11-7-14(8-12-16)3-2-4-17(24(18,19)20)25(21,22)23/h5-12,17H,2-4H2,1H3,(H2,18,19,20)(H2,21,22,23). The Hall–Kier alpha value is -1.26. The van der Waals surface area contributed by atoms with Crippen LogP contribution in [0.2, 0.25) is 0 Å². The Morgan fingerprint density at radius 3 is 1.68 bits per heavy atom. The molecule has 4 N–H and O–H groups in total. The van der Waals surface area contributed by atoms with Gasteiger partial charge in [0.25, 0.3) is 0 Å². The molecular formula is C17H22O6P2. The van der Waals surface area contributed by atoms with E-state index in [0.717, 1.165) is 16.7 Å². The third-order valence-corrected chi connectivity index (χ3v) is 7.92. The van der Waals surface area contributed by atoms with Gasteiger partial charge in [-0.25, -0.2) is 0 Å². The molecule has 0 bridgehead atoms. The summed E-state index contributed by atoms with van der Waals surface area (Å²) in [6.45, 7) is 2.02. The van der Waals surface area contributed by atoms with Crippen LogP contribution in [0.1, 0.15) is 24.0 Å². The topological polar surface area (TPSA) is 115 Å². The van der Waals surface area contributed by atoms with E-state index in [1.54, 1.807) is 0 Å². The summed E-state index contributed by atoms with van der Waals surface area (Å²) in [6.07, 6.45) is 0.545. The number of rotatable bonds is 7. The van der Waals surface area contributed by atoms with Gasteiger partial charge < -0.3 is 19.6 Å². The SMILES string of the molecule is Cc1ccc(-c2ccc(CCCC(P(=O)(O)O)P(=O)(O)O)cc2)cc1. The summed E-state index contributed by atoms with van der Waals surface area (Å²) in [4.78, 5) is 36.4. The molecule has 0 aliphatic carbocycles. The zero-order valence-electron chi connectivity index (χ0n) is 13.8. The predicted molar refractivity (Wildman–Crippen MR) is 97.4 cm³/mol. The second-order valence-corrected chi connectivity index (χ2v) is 10.1. The first kappa shape index (κ1) is 20.1. The number of aryl methyl sites for hydroxylation is 2. The highest BCUT2D eigenvalue weighted by atomic mass is 31.2. The van der Waals surface area contributed by atoms with Gasteiger partial charge in [0.2, 0.25) is 0 Å². The van der Waals surface area contributed by atoms with Crippen molar-refractivity contribution in [3.8, 4) is 11.1 Å². The van der Waals surface area contributed by atoms with E-state index in [9.17, 15) is 9.13 Å². The summed E-state index contributed by atoms with van der Waals surface area (Å²) in [5.41, 5.74) is 4.29. The fraction of sp³-hybridized carbons (Fsp3) is 0.294. The van der Waals surface area contributed by atoms with E-state index < -0.39 is 20.6 Å². The fourth-order valence-corrected chi connectivity index (χ4v) is 5.24. The average molecular weight is 384 g/mol. The van der Waals surface area contributed by atoms with Crippen molar-refractivity contribution in [1.29, 1.82) is 0 Å². The number of benzene rings is 2. The van der Waals surface area contributed by atoms with Crippen LogP contribution in [0.15, 0.2) is 48.5 Å². The van der Waals surface area contributed by atoms with Crippen molar-refractivity contribution in [3.63, 3.8) is 0 Å². The van der Waals surface area contributed by atoms with E-state index in [2.05, 4.69) is 0 Å². The maximum absolute atomic E-state index is 11.2. The molecule has 0 aliphatic heterocycles. The molecule has 136 valence electrons. The zero-order valence-corrected chi connectivity index (χ0v) is 15.6. The van der Waals surface area contributed by atoms with Gasteiger partial charge >= 0.3 is 15.2 Å². The van der Waals surface area contributed by atoms with Gasteiger partial charge in [0.1, 0.15) is 0 Å². The van der Waals surface area contributed by atoms with Crippen molar-refractivity contribution < 1.29 is 28.7 Å². The first-order chi connectivity index (χ1) is 11.6. The van der Waals surface area contributed by atoms with Crippen LogP contribution in [0.25, 0.3) is 11.1 Å². The Morgan fingerprint density at radius 1 is 0.800 bits per heavy atom.